The molecule has 4 aromatic rings. The molecule has 6 atom stereocenters. The van der Waals surface area contributed by atoms with Gasteiger partial charge in [-0.05, 0) is 59.6 Å². The Morgan fingerprint density at radius 1 is 0.731 bits per heavy atom. The third-order valence-corrected chi connectivity index (χ3v) is 10.4. The predicted octanol–water partition coefficient (Wildman–Crippen LogP) is 2.48. The SMILES string of the molecule is Cc1ccccc1C[C@H](NC(=O)[C@@H](COCc1ccccc1)NC(=O)[C@H](CO)NC(=O)c1ccc2n[nH]nc2c1)C(=O)N[C@H](C(=O)N[C@@H](CC(C)C)C(=O)NC(C=O)CC(F)(F)F)C(C)(C)C. The summed E-state index contributed by atoms with van der Waals surface area (Å²) < 4.78 is 45.2. The van der Waals surface area contributed by atoms with Crippen LogP contribution in [0.1, 0.15) is 74.5 Å². The lowest BCUT2D eigenvalue weighted by Crippen LogP contribution is -2.62. The number of amides is 6. The second kappa shape index (κ2) is 24.2. The third-order valence-electron chi connectivity index (χ3n) is 10.4. The Morgan fingerprint density at radius 3 is 1.96 bits per heavy atom. The maximum Gasteiger partial charge on any atom is 0.391 e. The summed E-state index contributed by atoms with van der Waals surface area (Å²) in [6.07, 6.45) is -6.59. The smallest absolute Gasteiger partial charge is 0.391 e. The van der Waals surface area contributed by atoms with E-state index in [0.29, 0.717) is 16.6 Å². The first kappa shape index (κ1) is 52.9. The van der Waals surface area contributed by atoms with Crippen LogP contribution >= 0.6 is 0 Å². The van der Waals surface area contributed by atoms with E-state index in [2.05, 4.69) is 42.0 Å². The van der Waals surface area contributed by atoms with Crippen LogP contribution in [0.15, 0.2) is 72.8 Å². The Hall–Kier alpha value is -6.74. The number of aliphatic hydroxyl groups is 1. The molecule has 1 aromatic heterocycles. The second-order valence-corrected chi connectivity index (χ2v) is 17.6. The number of aliphatic hydroxyl groups excluding tert-OH is 1. The highest BCUT2D eigenvalue weighted by Gasteiger charge is 2.39. The third kappa shape index (κ3) is 16.6. The Balaban J connectivity index is 1.60. The van der Waals surface area contributed by atoms with Crippen LogP contribution in [-0.2, 0) is 46.5 Å². The van der Waals surface area contributed by atoms with Crippen LogP contribution in [0.4, 0.5) is 13.2 Å². The van der Waals surface area contributed by atoms with Crippen molar-refractivity contribution in [1.82, 2.24) is 47.3 Å². The van der Waals surface area contributed by atoms with Crippen molar-refractivity contribution in [2.45, 2.75) is 110 Å². The number of ether oxygens (including phenoxy) is 1. The number of hydrogen-bond acceptors (Lipinski definition) is 11. The van der Waals surface area contributed by atoms with Gasteiger partial charge in [0.15, 0.2) is 0 Å². The number of H-pyrrole nitrogens is 1. The van der Waals surface area contributed by atoms with E-state index in [1.165, 1.54) is 18.2 Å². The minimum Gasteiger partial charge on any atom is -0.394 e. The molecule has 0 bridgehead atoms. The van der Waals surface area contributed by atoms with Gasteiger partial charge >= 0.3 is 6.18 Å². The number of aryl methyl sites for hydroxylation is 1. The van der Waals surface area contributed by atoms with Crippen LogP contribution in [-0.4, -0.2) is 118 Å². The Bertz CT molecular complexity index is 2340. The number of rotatable bonds is 23. The number of nitrogens with zero attached hydrogens (tertiary/aromatic N) is 2. The fourth-order valence-corrected chi connectivity index (χ4v) is 6.82. The largest absolute Gasteiger partial charge is 0.394 e. The molecule has 18 nitrogen and oxygen atoms in total. The summed E-state index contributed by atoms with van der Waals surface area (Å²) in [5.74, 6) is -5.65. The van der Waals surface area contributed by atoms with Crippen molar-refractivity contribution in [3.63, 3.8) is 0 Å². The van der Waals surface area contributed by atoms with Crippen molar-refractivity contribution in [2.75, 3.05) is 13.2 Å². The van der Waals surface area contributed by atoms with Gasteiger partial charge in [-0.3, -0.25) is 28.8 Å². The second-order valence-electron chi connectivity index (χ2n) is 17.6. The molecule has 0 saturated carbocycles. The van der Waals surface area contributed by atoms with Gasteiger partial charge in [-0.25, -0.2) is 0 Å². The van der Waals surface area contributed by atoms with Gasteiger partial charge < -0.3 is 46.5 Å². The van der Waals surface area contributed by atoms with Gasteiger partial charge in [0, 0.05) is 12.0 Å². The monoisotopic (exact) mass is 937 g/mol. The van der Waals surface area contributed by atoms with Gasteiger partial charge in [0.1, 0.15) is 47.5 Å². The molecule has 3 aromatic carbocycles. The highest BCUT2D eigenvalue weighted by molar-refractivity contribution is 6.01. The van der Waals surface area contributed by atoms with E-state index in [1.54, 1.807) is 96.1 Å². The molecule has 362 valence electrons. The van der Waals surface area contributed by atoms with Gasteiger partial charge in [-0.15, -0.1) is 0 Å². The molecule has 8 N–H and O–H groups in total. The molecule has 0 aliphatic heterocycles. The van der Waals surface area contributed by atoms with E-state index in [4.69, 9.17) is 4.74 Å². The lowest BCUT2D eigenvalue weighted by atomic mass is 9.85. The maximum absolute atomic E-state index is 14.4. The fraction of sp³-hybridized carbons (Fsp3) is 0.457. The minimum atomic E-state index is -4.77. The molecule has 0 saturated heterocycles. The summed E-state index contributed by atoms with van der Waals surface area (Å²) in [4.78, 5) is 94.5. The first-order valence-corrected chi connectivity index (χ1v) is 21.5. The average Bonchev–Trinajstić information content (AvgIpc) is 3.74. The summed E-state index contributed by atoms with van der Waals surface area (Å²) in [6.45, 7) is 8.76. The first-order valence-electron chi connectivity index (χ1n) is 21.5. The number of carbonyl (C=O) groups is 7. The molecule has 1 unspecified atom stereocenters. The summed E-state index contributed by atoms with van der Waals surface area (Å²) >= 11 is 0. The zero-order valence-corrected chi connectivity index (χ0v) is 38.0. The van der Waals surface area contributed by atoms with Gasteiger partial charge in [0.2, 0.25) is 29.5 Å². The normalized spacial score (nSPS) is 14.4. The standard InChI is InChI=1S/C46H58F3N9O9/c1-26(2)18-34(40(62)50-31(22-59)21-46(47,48)49)52-44(66)38(45(4,5)6)55-41(63)35(19-29-15-11-10-12-27(29)3)51-43(65)37(25-67-24-28-13-8-7-9-14-28)54-42(64)36(23-60)53-39(61)30-16-17-32-33(20-30)57-58-56-32/h7-17,20,22,26,31,34-38,60H,18-19,21,23-25H2,1-6H3,(H,50,62)(H,51,65)(H,52,66)(H,53,61)(H,54,64)(H,55,63)(H,56,57,58)/t31?,34-,35-,36-,37+,38+/m0/s1. The molecule has 21 heteroatoms. The number of nitrogens with one attached hydrogen (secondary N) is 7. The molecular formula is C46H58F3N9O9. The van der Waals surface area contributed by atoms with E-state index in [1.807, 2.05) is 5.32 Å². The molecule has 6 amide bonds. The van der Waals surface area contributed by atoms with Gasteiger partial charge in [0.25, 0.3) is 5.91 Å². The van der Waals surface area contributed by atoms with Crippen LogP contribution < -0.4 is 31.9 Å². The Kier molecular flexibility index (Phi) is 19.1. The molecule has 4 rings (SSSR count). The van der Waals surface area contributed by atoms with Crippen LogP contribution in [0, 0.1) is 18.3 Å². The summed E-state index contributed by atoms with van der Waals surface area (Å²) in [5, 5.41) is 35.5. The van der Waals surface area contributed by atoms with Crippen LogP contribution in [0.3, 0.4) is 0 Å². The van der Waals surface area contributed by atoms with Crippen LogP contribution in [0.2, 0.25) is 0 Å². The number of fused-ring (bicyclic) bond motifs is 1. The molecule has 0 aliphatic carbocycles. The first-order chi connectivity index (χ1) is 31.6. The Morgan fingerprint density at radius 2 is 1.33 bits per heavy atom. The summed E-state index contributed by atoms with van der Waals surface area (Å²) in [6, 6.07) is 11.1. The van der Waals surface area contributed by atoms with E-state index in [0.717, 1.165) is 11.1 Å². The van der Waals surface area contributed by atoms with E-state index < -0.39 is 103 Å². The summed E-state index contributed by atoms with van der Waals surface area (Å²) in [7, 11) is 0. The number of aldehydes is 1. The maximum atomic E-state index is 14.4. The van der Waals surface area contributed by atoms with Gasteiger partial charge in [-0.2, -0.15) is 28.6 Å². The van der Waals surface area contributed by atoms with Crippen molar-refractivity contribution in [3.8, 4) is 0 Å². The van der Waals surface area contributed by atoms with Gasteiger partial charge in [-0.1, -0.05) is 89.2 Å². The van der Waals surface area contributed by atoms with E-state index >= 15 is 0 Å². The fourth-order valence-electron chi connectivity index (χ4n) is 6.82. The molecular weight excluding hydrogens is 880 g/mol. The molecule has 0 aliphatic rings. The minimum absolute atomic E-state index is 0.00857. The Labute approximate surface area is 385 Å². The van der Waals surface area contributed by atoms with Crippen molar-refractivity contribution >= 4 is 52.8 Å². The summed E-state index contributed by atoms with van der Waals surface area (Å²) in [5.41, 5.74) is 2.01. The number of aromatic nitrogens is 3. The number of halogens is 3. The number of hydrogen-bond donors (Lipinski definition) is 8. The number of carbonyl (C=O) groups excluding carboxylic acids is 7. The van der Waals surface area contributed by atoms with Crippen LogP contribution in [0.25, 0.3) is 11.0 Å². The lowest BCUT2D eigenvalue weighted by molar-refractivity contribution is -0.147. The van der Waals surface area contributed by atoms with E-state index in [9.17, 15) is 51.8 Å². The number of aromatic amines is 1. The lowest BCUT2D eigenvalue weighted by Gasteiger charge is -2.34. The highest BCUT2D eigenvalue weighted by Crippen LogP contribution is 2.23. The highest BCUT2D eigenvalue weighted by atomic mass is 19.4. The topological polar surface area (TPSA) is 263 Å². The van der Waals surface area contributed by atoms with Crippen molar-refractivity contribution in [2.24, 2.45) is 11.3 Å². The molecule has 67 heavy (non-hydrogen) atoms. The zero-order valence-electron chi connectivity index (χ0n) is 38.0. The van der Waals surface area contributed by atoms with Crippen molar-refractivity contribution in [3.05, 3.63) is 95.1 Å². The van der Waals surface area contributed by atoms with E-state index in [-0.39, 0.29) is 37.2 Å². The number of alkyl halides is 3. The van der Waals surface area contributed by atoms with Crippen molar-refractivity contribution < 1.29 is 56.6 Å². The van der Waals surface area contributed by atoms with Crippen LogP contribution in [0.5, 0.6) is 0 Å². The molecule has 1 heterocycles. The molecule has 0 fully saturated rings. The number of benzene rings is 3. The molecule has 0 radical (unpaired) electrons. The predicted molar refractivity (Wildman–Crippen MR) is 239 cm³/mol. The quantitative estimate of drug-likeness (QED) is 0.0501. The van der Waals surface area contributed by atoms with Gasteiger partial charge in [0.05, 0.1) is 32.3 Å². The average molecular weight is 938 g/mol. The molecule has 0 spiro atoms. The zero-order chi connectivity index (χ0) is 49.5. The van der Waals surface area contributed by atoms with Crippen molar-refractivity contribution in [1.29, 1.82) is 0 Å².